The summed E-state index contributed by atoms with van der Waals surface area (Å²) in [5, 5.41) is 0. The number of nitrogens with zero attached hydrogens (tertiary/aromatic N) is 3. The highest BCUT2D eigenvalue weighted by Gasteiger charge is 2.27. The summed E-state index contributed by atoms with van der Waals surface area (Å²) in [6.45, 7) is 0.0255. The van der Waals surface area contributed by atoms with Crippen molar-refractivity contribution in [3.8, 4) is 0 Å². The minimum atomic E-state index is -4.01. The van der Waals surface area contributed by atoms with Crippen molar-refractivity contribution in [1.82, 2.24) is 13.9 Å². The molecule has 0 amide bonds. The molecule has 6 nitrogen and oxygen atoms in total. The number of aromatic nitrogens is 2. The lowest BCUT2D eigenvalue weighted by atomic mass is 10.3. The summed E-state index contributed by atoms with van der Waals surface area (Å²) in [7, 11) is -0.900. The third kappa shape index (κ3) is 3.09. The van der Waals surface area contributed by atoms with Crippen LogP contribution in [0.3, 0.4) is 0 Å². The number of nitrogen functional groups attached to an aromatic ring is 1. The largest absolute Gasteiger partial charge is 0.399 e. The number of halogens is 2. The van der Waals surface area contributed by atoms with Crippen molar-refractivity contribution in [2.75, 3.05) is 12.8 Å². The standard InChI is InChI=1S/C12H14BrFN4O2S/c1-17-4-3-16-11(17)7-18(2)21(19,20)10-6-8(15)5-9(13)12(10)14/h3-6H,7,15H2,1-2H3. The average Bonchev–Trinajstić information content (AvgIpc) is 2.79. The number of imidazole rings is 1. The number of benzene rings is 1. The predicted molar refractivity (Wildman–Crippen MR) is 80.4 cm³/mol. The van der Waals surface area contributed by atoms with Gasteiger partial charge in [0.15, 0.2) is 5.82 Å². The number of nitrogens with two attached hydrogens (primary N) is 1. The SMILES string of the molecule is CN(Cc1nccn1C)S(=O)(=O)c1cc(N)cc(Br)c1F. The zero-order valence-corrected chi connectivity index (χ0v) is 13.8. The molecule has 0 aliphatic heterocycles. The van der Waals surface area contributed by atoms with E-state index in [0.717, 1.165) is 10.4 Å². The van der Waals surface area contributed by atoms with Gasteiger partial charge in [0.05, 0.1) is 11.0 Å². The molecular formula is C12H14BrFN4O2S. The van der Waals surface area contributed by atoms with Gasteiger partial charge in [0.1, 0.15) is 10.7 Å². The van der Waals surface area contributed by atoms with Gasteiger partial charge in [-0.3, -0.25) is 0 Å². The molecule has 0 aliphatic rings. The van der Waals surface area contributed by atoms with Crippen LogP contribution >= 0.6 is 15.9 Å². The lowest BCUT2D eigenvalue weighted by molar-refractivity contribution is 0.445. The van der Waals surface area contributed by atoms with Gasteiger partial charge in [-0.2, -0.15) is 4.31 Å². The molecule has 2 rings (SSSR count). The van der Waals surface area contributed by atoms with Crippen molar-refractivity contribution in [3.63, 3.8) is 0 Å². The maximum atomic E-state index is 14.1. The fourth-order valence-corrected chi connectivity index (χ4v) is 3.62. The van der Waals surface area contributed by atoms with Crippen molar-refractivity contribution in [2.45, 2.75) is 11.4 Å². The van der Waals surface area contributed by atoms with E-state index in [1.807, 2.05) is 0 Å². The van der Waals surface area contributed by atoms with Crippen LogP contribution < -0.4 is 5.73 Å². The summed E-state index contributed by atoms with van der Waals surface area (Å²) < 4.78 is 41.7. The molecule has 1 aromatic carbocycles. The first-order valence-corrected chi connectivity index (χ1v) is 8.14. The highest BCUT2D eigenvalue weighted by molar-refractivity contribution is 9.10. The monoisotopic (exact) mass is 376 g/mol. The second-order valence-electron chi connectivity index (χ2n) is 4.53. The van der Waals surface area contributed by atoms with Crippen molar-refractivity contribution < 1.29 is 12.8 Å². The molecular weight excluding hydrogens is 363 g/mol. The van der Waals surface area contributed by atoms with Crippen LogP contribution in [0.15, 0.2) is 33.9 Å². The number of hydrogen-bond acceptors (Lipinski definition) is 4. The topological polar surface area (TPSA) is 81.2 Å². The quantitative estimate of drug-likeness (QED) is 0.823. The van der Waals surface area contributed by atoms with Crippen LogP contribution in [0.25, 0.3) is 0 Å². The highest BCUT2D eigenvalue weighted by atomic mass is 79.9. The Labute approximate surface area is 130 Å². The Morgan fingerprint density at radius 2 is 2.14 bits per heavy atom. The van der Waals surface area contributed by atoms with Crippen molar-refractivity contribution >= 4 is 31.6 Å². The molecule has 2 N–H and O–H groups in total. The van der Waals surface area contributed by atoms with Gasteiger partial charge in [0.25, 0.3) is 0 Å². The number of anilines is 1. The normalized spacial score (nSPS) is 12.0. The predicted octanol–water partition coefficient (Wildman–Crippen LogP) is 1.72. The van der Waals surface area contributed by atoms with Crippen LogP contribution in [0.5, 0.6) is 0 Å². The summed E-state index contributed by atoms with van der Waals surface area (Å²) in [5.74, 6) is -0.319. The summed E-state index contributed by atoms with van der Waals surface area (Å²) in [5.41, 5.74) is 5.75. The molecule has 1 aromatic heterocycles. The van der Waals surface area contributed by atoms with E-state index < -0.39 is 20.7 Å². The maximum Gasteiger partial charge on any atom is 0.246 e. The third-order valence-electron chi connectivity index (χ3n) is 2.99. The minimum absolute atomic E-state index is 0.00599. The Bertz CT molecular complexity index is 776. The van der Waals surface area contributed by atoms with Gasteiger partial charge in [-0.25, -0.2) is 17.8 Å². The van der Waals surface area contributed by atoms with Crippen LogP contribution in [0.2, 0.25) is 0 Å². The second-order valence-corrected chi connectivity index (χ2v) is 7.40. The van der Waals surface area contributed by atoms with E-state index in [2.05, 4.69) is 20.9 Å². The Balaban J connectivity index is 2.40. The Hall–Kier alpha value is -1.45. The molecule has 0 saturated heterocycles. The zero-order valence-electron chi connectivity index (χ0n) is 11.4. The van der Waals surface area contributed by atoms with Gasteiger partial charge in [0.2, 0.25) is 10.0 Å². The van der Waals surface area contributed by atoms with Crippen molar-refractivity contribution in [2.24, 2.45) is 7.05 Å². The van der Waals surface area contributed by atoms with E-state index in [-0.39, 0.29) is 16.7 Å². The molecule has 0 radical (unpaired) electrons. The van der Waals surface area contributed by atoms with Crippen molar-refractivity contribution in [1.29, 1.82) is 0 Å². The first-order valence-electron chi connectivity index (χ1n) is 5.90. The van der Waals surface area contributed by atoms with Crippen LogP contribution in [-0.2, 0) is 23.6 Å². The third-order valence-corrected chi connectivity index (χ3v) is 5.37. The number of hydrogen-bond donors (Lipinski definition) is 1. The van der Waals surface area contributed by atoms with E-state index in [0.29, 0.717) is 5.82 Å². The van der Waals surface area contributed by atoms with Gasteiger partial charge in [-0.1, -0.05) is 0 Å². The van der Waals surface area contributed by atoms with E-state index >= 15 is 0 Å². The molecule has 21 heavy (non-hydrogen) atoms. The van der Waals surface area contributed by atoms with Gasteiger partial charge < -0.3 is 10.3 Å². The number of aryl methyl sites for hydroxylation is 1. The summed E-state index contributed by atoms with van der Waals surface area (Å²) in [6, 6.07) is 2.41. The molecule has 0 fully saturated rings. The van der Waals surface area contributed by atoms with E-state index in [9.17, 15) is 12.8 Å². The molecule has 2 aromatic rings. The van der Waals surface area contributed by atoms with E-state index in [1.165, 1.54) is 13.1 Å². The van der Waals surface area contributed by atoms with Gasteiger partial charge >= 0.3 is 0 Å². The first kappa shape index (κ1) is 15.9. The minimum Gasteiger partial charge on any atom is -0.399 e. The molecule has 0 atom stereocenters. The summed E-state index contributed by atoms with van der Waals surface area (Å²) in [4.78, 5) is 3.58. The van der Waals surface area contributed by atoms with Gasteiger partial charge in [-0.05, 0) is 28.1 Å². The smallest absolute Gasteiger partial charge is 0.246 e. The number of rotatable bonds is 4. The van der Waals surface area contributed by atoms with Crippen LogP contribution in [0.1, 0.15) is 5.82 Å². The fraction of sp³-hybridized carbons (Fsp3) is 0.250. The summed E-state index contributed by atoms with van der Waals surface area (Å²) >= 11 is 2.96. The van der Waals surface area contributed by atoms with Crippen molar-refractivity contribution in [3.05, 3.63) is 40.6 Å². The fourth-order valence-electron chi connectivity index (χ4n) is 1.77. The second kappa shape index (κ2) is 5.74. The Morgan fingerprint density at radius 3 is 2.71 bits per heavy atom. The average molecular weight is 377 g/mol. The Morgan fingerprint density at radius 1 is 1.48 bits per heavy atom. The van der Waals surface area contributed by atoms with Gasteiger partial charge in [-0.15, -0.1) is 0 Å². The van der Waals surface area contributed by atoms with E-state index in [4.69, 9.17) is 5.73 Å². The molecule has 0 bridgehead atoms. The molecule has 0 saturated carbocycles. The lowest BCUT2D eigenvalue weighted by Gasteiger charge is -2.18. The lowest BCUT2D eigenvalue weighted by Crippen LogP contribution is -2.28. The molecule has 1 heterocycles. The Kier molecular flexibility index (Phi) is 4.35. The maximum absolute atomic E-state index is 14.1. The highest BCUT2D eigenvalue weighted by Crippen LogP contribution is 2.28. The summed E-state index contributed by atoms with van der Waals surface area (Å²) in [6.07, 6.45) is 3.26. The van der Waals surface area contributed by atoms with Crippen LogP contribution in [0, 0.1) is 5.82 Å². The molecule has 114 valence electrons. The van der Waals surface area contributed by atoms with E-state index in [1.54, 1.807) is 24.0 Å². The van der Waals surface area contributed by atoms with Crippen LogP contribution in [-0.4, -0.2) is 29.3 Å². The van der Waals surface area contributed by atoms with Gasteiger partial charge in [0, 0.05) is 32.2 Å². The zero-order chi connectivity index (χ0) is 15.8. The molecule has 0 aliphatic carbocycles. The number of sulfonamides is 1. The van der Waals surface area contributed by atoms with Crippen LogP contribution in [0.4, 0.5) is 10.1 Å². The molecule has 0 spiro atoms. The molecule has 9 heteroatoms. The molecule has 0 unspecified atom stereocenters. The first-order chi connectivity index (χ1) is 9.73.